The molecular formula is C14H20NNaO5. The third kappa shape index (κ3) is 2.68. The summed E-state index contributed by atoms with van der Waals surface area (Å²) in [6.45, 7) is 6.85. The molecule has 0 aliphatic carbocycles. The van der Waals surface area contributed by atoms with E-state index in [1.165, 1.54) is 11.8 Å². The number of nitrogens with zero attached hydrogens (tertiary/aromatic N) is 1. The van der Waals surface area contributed by atoms with Crippen molar-refractivity contribution in [3.63, 3.8) is 0 Å². The largest absolute Gasteiger partial charge is 1.00 e. The van der Waals surface area contributed by atoms with Gasteiger partial charge in [0.15, 0.2) is 0 Å². The zero-order chi connectivity index (χ0) is 15.4. The van der Waals surface area contributed by atoms with E-state index in [-0.39, 0.29) is 47.1 Å². The van der Waals surface area contributed by atoms with E-state index in [1.807, 2.05) is 0 Å². The van der Waals surface area contributed by atoms with Crippen molar-refractivity contribution in [2.75, 3.05) is 0 Å². The Labute approximate surface area is 146 Å². The Kier molecular flexibility index (Phi) is 5.67. The van der Waals surface area contributed by atoms with Gasteiger partial charge in [0, 0.05) is 5.92 Å². The summed E-state index contributed by atoms with van der Waals surface area (Å²) in [6, 6.07) is -0.404. The number of fused-ring (bicyclic) bond motifs is 1. The standard InChI is InChI=1S/C14H21NO5.Na/c1-5(2)12(17)8-6(3)10-9(7(4)16)13(18)15(10)11(8)14(19)20;/h5-7,9-10,12,16-17H,1-4H3,(H,19,20);/q;+1/p-1/t6-,7+,9+,10?,12-;/m0./s1. The number of carbonyl (C=O) groups is 2. The van der Waals surface area contributed by atoms with Crippen LogP contribution in [0.25, 0.3) is 0 Å². The fourth-order valence-electron chi connectivity index (χ4n) is 3.34. The molecule has 5 atom stereocenters. The molecule has 2 rings (SSSR count). The molecule has 1 saturated heterocycles. The molecule has 21 heavy (non-hydrogen) atoms. The molecule has 2 heterocycles. The van der Waals surface area contributed by atoms with Crippen molar-refractivity contribution < 1.29 is 54.5 Å². The zero-order valence-electron chi connectivity index (χ0n) is 13.0. The summed E-state index contributed by atoms with van der Waals surface area (Å²) in [6.07, 6.45) is -1.78. The summed E-state index contributed by atoms with van der Waals surface area (Å²) in [4.78, 5) is 24.6. The fraction of sp³-hybridized carbons (Fsp3) is 0.714. The van der Waals surface area contributed by atoms with E-state index in [0.29, 0.717) is 5.57 Å². The maximum Gasteiger partial charge on any atom is 1.00 e. The average molecular weight is 305 g/mol. The molecule has 0 bridgehead atoms. The van der Waals surface area contributed by atoms with Crippen molar-refractivity contribution in [3.05, 3.63) is 11.3 Å². The third-order valence-electron chi connectivity index (χ3n) is 4.37. The number of carboxylic acid groups (broad SMARTS) is 1. The van der Waals surface area contributed by atoms with Crippen molar-refractivity contribution in [1.82, 2.24) is 4.90 Å². The number of carbonyl (C=O) groups excluding carboxylic acids is 2. The number of aliphatic hydroxyl groups is 2. The number of aliphatic carboxylic acids is 1. The van der Waals surface area contributed by atoms with Gasteiger partial charge < -0.3 is 25.0 Å². The Morgan fingerprint density at radius 3 is 2.19 bits per heavy atom. The normalized spacial score (nSPS) is 30.7. The fourth-order valence-corrected chi connectivity index (χ4v) is 3.34. The molecule has 0 aromatic heterocycles. The van der Waals surface area contributed by atoms with Crippen LogP contribution in [0.5, 0.6) is 0 Å². The van der Waals surface area contributed by atoms with E-state index in [4.69, 9.17) is 0 Å². The summed E-state index contributed by atoms with van der Waals surface area (Å²) < 4.78 is 0. The van der Waals surface area contributed by atoms with Gasteiger partial charge in [-0.2, -0.15) is 0 Å². The molecule has 2 aliphatic rings. The first-order chi connectivity index (χ1) is 9.20. The van der Waals surface area contributed by atoms with E-state index < -0.39 is 36.0 Å². The Hall–Kier alpha value is -0.400. The van der Waals surface area contributed by atoms with Gasteiger partial charge in [0.1, 0.15) is 0 Å². The molecule has 112 valence electrons. The Morgan fingerprint density at radius 1 is 1.29 bits per heavy atom. The van der Waals surface area contributed by atoms with Gasteiger partial charge in [0.2, 0.25) is 5.91 Å². The third-order valence-corrected chi connectivity index (χ3v) is 4.37. The molecule has 1 fully saturated rings. The molecule has 0 spiro atoms. The van der Waals surface area contributed by atoms with Gasteiger partial charge in [-0.3, -0.25) is 4.79 Å². The summed E-state index contributed by atoms with van der Waals surface area (Å²) in [7, 11) is 0. The van der Waals surface area contributed by atoms with E-state index >= 15 is 0 Å². The minimum absolute atomic E-state index is 0. The van der Waals surface area contributed by atoms with Gasteiger partial charge in [0.25, 0.3) is 0 Å². The van der Waals surface area contributed by atoms with Crippen LogP contribution in [-0.2, 0) is 9.59 Å². The van der Waals surface area contributed by atoms with E-state index in [2.05, 4.69) is 0 Å². The second-order valence-corrected chi connectivity index (χ2v) is 6.03. The minimum atomic E-state index is -1.45. The van der Waals surface area contributed by atoms with Gasteiger partial charge in [-0.1, -0.05) is 20.8 Å². The van der Waals surface area contributed by atoms with Crippen LogP contribution in [0.15, 0.2) is 11.3 Å². The molecule has 2 N–H and O–H groups in total. The van der Waals surface area contributed by atoms with Crippen LogP contribution >= 0.6 is 0 Å². The number of β-lactam (4-membered cyclic amide) rings is 1. The first kappa shape index (κ1) is 18.6. The van der Waals surface area contributed by atoms with Crippen molar-refractivity contribution in [2.45, 2.75) is 45.9 Å². The van der Waals surface area contributed by atoms with Crippen LogP contribution in [0.3, 0.4) is 0 Å². The second kappa shape index (κ2) is 6.38. The molecular weight excluding hydrogens is 285 g/mol. The first-order valence-electron chi connectivity index (χ1n) is 6.84. The number of hydrogen-bond donors (Lipinski definition) is 2. The Balaban J connectivity index is 0.00000220. The number of aliphatic hydroxyl groups excluding tert-OH is 2. The molecule has 6 nitrogen and oxygen atoms in total. The molecule has 0 aromatic carbocycles. The van der Waals surface area contributed by atoms with Gasteiger partial charge in [-0.25, -0.2) is 0 Å². The molecule has 2 aliphatic heterocycles. The van der Waals surface area contributed by atoms with Gasteiger partial charge in [0.05, 0.1) is 35.8 Å². The smallest absolute Gasteiger partial charge is 0.543 e. The topological polar surface area (TPSA) is 101 Å². The van der Waals surface area contributed by atoms with E-state index in [1.54, 1.807) is 20.8 Å². The van der Waals surface area contributed by atoms with Gasteiger partial charge in [-0.05, 0) is 18.4 Å². The molecule has 0 aromatic rings. The molecule has 0 saturated carbocycles. The van der Waals surface area contributed by atoms with Gasteiger partial charge >= 0.3 is 29.6 Å². The summed E-state index contributed by atoms with van der Waals surface area (Å²) in [5, 5.41) is 31.3. The molecule has 1 amide bonds. The van der Waals surface area contributed by atoms with Crippen LogP contribution in [0.4, 0.5) is 0 Å². The van der Waals surface area contributed by atoms with E-state index in [0.717, 1.165) is 0 Å². The SMILES string of the molecule is CC(C)[C@H](O)C1=C(C(=O)[O-])N2C(=O)[C@H]([C@@H](C)O)C2[C@H]1C.[Na+]. The van der Waals surface area contributed by atoms with Crippen LogP contribution in [0.2, 0.25) is 0 Å². The van der Waals surface area contributed by atoms with Crippen molar-refractivity contribution in [2.24, 2.45) is 17.8 Å². The maximum atomic E-state index is 12.0. The maximum absolute atomic E-state index is 12.0. The molecule has 1 unspecified atom stereocenters. The monoisotopic (exact) mass is 305 g/mol. The van der Waals surface area contributed by atoms with Crippen LogP contribution in [-0.4, -0.2) is 45.2 Å². The quantitative estimate of drug-likeness (QED) is 0.406. The van der Waals surface area contributed by atoms with Crippen LogP contribution in [0, 0.1) is 17.8 Å². The Bertz CT molecular complexity index is 488. The minimum Gasteiger partial charge on any atom is -0.543 e. The predicted molar refractivity (Wildman–Crippen MR) is 67.8 cm³/mol. The van der Waals surface area contributed by atoms with Crippen molar-refractivity contribution in [1.29, 1.82) is 0 Å². The second-order valence-electron chi connectivity index (χ2n) is 6.03. The van der Waals surface area contributed by atoms with Crippen molar-refractivity contribution in [3.8, 4) is 0 Å². The first-order valence-corrected chi connectivity index (χ1v) is 6.84. The number of rotatable bonds is 4. The van der Waals surface area contributed by atoms with Gasteiger partial charge in [-0.15, -0.1) is 0 Å². The summed E-state index contributed by atoms with van der Waals surface area (Å²) in [5.41, 5.74) is 0.118. The van der Waals surface area contributed by atoms with Crippen LogP contribution < -0.4 is 34.7 Å². The number of amides is 1. The number of carboxylic acids is 1. The Morgan fingerprint density at radius 2 is 1.81 bits per heavy atom. The average Bonchev–Trinajstić information content (AvgIpc) is 2.57. The number of hydrogen-bond acceptors (Lipinski definition) is 5. The van der Waals surface area contributed by atoms with Crippen LogP contribution in [0.1, 0.15) is 27.7 Å². The van der Waals surface area contributed by atoms with Crippen molar-refractivity contribution >= 4 is 11.9 Å². The molecule has 7 heteroatoms. The summed E-state index contributed by atoms with van der Waals surface area (Å²) in [5.74, 6) is -2.96. The van der Waals surface area contributed by atoms with E-state index in [9.17, 15) is 24.9 Å². The molecule has 0 radical (unpaired) electrons. The predicted octanol–water partition coefficient (Wildman–Crippen LogP) is -4.13. The summed E-state index contributed by atoms with van der Waals surface area (Å²) >= 11 is 0. The zero-order valence-corrected chi connectivity index (χ0v) is 15.0.